The lowest BCUT2D eigenvalue weighted by Gasteiger charge is -2.32. The minimum Gasteiger partial charge on any atom is -0.395 e. The Hall–Kier alpha value is -0.810. The Kier molecular flexibility index (Phi) is 3.31. The number of amides is 2. The van der Waals surface area contributed by atoms with Crippen LogP contribution in [0.3, 0.4) is 0 Å². The van der Waals surface area contributed by atoms with E-state index in [-0.39, 0.29) is 18.7 Å². The molecule has 1 aliphatic rings. The van der Waals surface area contributed by atoms with Gasteiger partial charge in [-0.1, -0.05) is 0 Å². The molecule has 0 aromatic heterocycles. The van der Waals surface area contributed by atoms with Crippen molar-refractivity contribution in [2.24, 2.45) is 0 Å². The Morgan fingerprint density at radius 1 is 1.83 bits per heavy atom. The molecule has 0 saturated carbocycles. The van der Waals surface area contributed by atoms with Gasteiger partial charge in [0, 0.05) is 32.7 Å². The normalized spacial score (nSPS) is 23.8. The molecule has 2 amide bonds. The van der Waals surface area contributed by atoms with Crippen molar-refractivity contribution in [3.8, 4) is 0 Å². The molecule has 1 saturated heterocycles. The summed E-state index contributed by atoms with van der Waals surface area (Å²) in [6, 6.07) is -0.0500. The lowest BCUT2D eigenvalue weighted by molar-refractivity contribution is 0.152. The number of carbonyl (C=O) groups excluding carboxylic acids is 1. The van der Waals surface area contributed by atoms with E-state index in [2.05, 4.69) is 10.6 Å². The van der Waals surface area contributed by atoms with Crippen LogP contribution in [0.25, 0.3) is 0 Å². The van der Waals surface area contributed by atoms with Crippen molar-refractivity contribution in [1.82, 2.24) is 15.5 Å². The van der Waals surface area contributed by atoms with E-state index in [0.717, 1.165) is 6.54 Å². The van der Waals surface area contributed by atoms with Crippen LogP contribution in [-0.4, -0.2) is 55.4 Å². The first-order valence-corrected chi connectivity index (χ1v) is 4.09. The Labute approximate surface area is 71.7 Å². The zero-order chi connectivity index (χ0) is 8.97. The van der Waals surface area contributed by atoms with Crippen molar-refractivity contribution < 1.29 is 9.90 Å². The largest absolute Gasteiger partial charge is 0.395 e. The molecule has 5 nitrogen and oxygen atoms in total. The second-order valence-corrected chi connectivity index (χ2v) is 2.83. The predicted octanol–water partition coefficient (Wildman–Crippen LogP) is -1.41. The van der Waals surface area contributed by atoms with Crippen molar-refractivity contribution in [2.45, 2.75) is 6.04 Å². The third-order valence-electron chi connectivity index (χ3n) is 1.98. The van der Waals surface area contributed by atoms with Gasteiger partial charge in [0.05, 0.1) is 6.61 Å². The summed E-state index contributed by atoms with van der Waals surface area (Å²) in [4.78, 5) is 12.8. The fourth-order valence-electron chi connectivity index (χ4n) is 1.29. The average Bonchev–Trinajstić information content (AvgIpc) is 2.17. The third-order valence-corrected chi connectivity index (χ3v) is 1.98. The zero-order valence-electron chi connectivity index (χ0n) is 7.21. The highest BCUT2D eigenvalue weighted by molar-refractivity contribution is 5.73. The van der Waals surface area contributed by atoms with E-state index >= 15 is 0 Å². The first-order chi connectivity index (χ1) is 5.77. The van der Waals surface area contributed by atoms with Gasteiger partial charge in [-0.25, -0.2) is 4.79 Å². The molecule has 3 N–H and O–H groups in total. The maximum Gasteiger partial charge on any atom is 0.317 e. The van der Waals surface area contributed by atoms with E-state index in [9.17, 15) is 4.79 Å². The van der Waals surface area contributed by atoms with Gasteiger partial charge < -0.3 is 20.6 Å². The molecule has 0 aromatic carbocycles. The summed E-state index contributed by atoms with van der Waals surface area (Å²) in [6.45, 7) is 2.11. The van der Waals surface area contributed by atoms with Crippen LogP contribution in [0.15, 0.2) is 0 Å². The summed E-state index contributed by atoms with van der Waals surface area (Å²) >= 11 is 0. The molecule has 0 aliphatic carbocycles. The van der Waals surface area contributed by atoms with Crippen molar-refractivity contribution in [3.05, 3.63) is 0 Å². The molecule has 0 bridgehead atoms. The number of piperazine rings is 1. The highest BCUT2D eigenvalue weighted by Crippen LogP contribution is 1.98. The second-order valence-electron chi connectivity index (χ2n) is 2.83. The Morgan fingerprint density at radius 2 is 2.58 bits per heavy atom. The number of carbonyl (C=O) groups is 1. The highest BCUT2D eigenvalue weighted by Gasteiger charge is 2.21. The van der Waals surface area contributed by atoms with Gasteiger partial charge in [-0.2, -0.15) is 0 Å². The molecule has 0 radical (unpaired) electrons. The Balaban J connectivity index is 2.40. The number of aliphatic hydroxyl groups is 1. The van der Waals surface area contributed by atoms with Gasteiger partial charge in [0.15, 0.2) is 0 Å². The van der Waals surface area contributed by atoms with Crippen LogP contribution >= 0.6 is 0 Å². The van der Waals surface area contributed by atoms with E-state index in [1.165, 1.54) is 0 Å². The van der Waals surface area contributed by atoms with Crippen molar-refractivity contribution in [3.63, 3.8) is 0 Å². The molecular formula is C7H15N3O2. The first-order valence-electron chi connectivity index (χ1n) is 4.09. The van der Waals surface area contributed by atoms with E-state index in [1.54, 1.807) is 11.9 Å². The van der Waals surface area contributed by atoms with Crippen molar-refractivity contribution in [1.29, 1.82) is 0 Å². The quantitative estimate of drug-likeness (QED) is 0.456. The Morgan fingerprint density at radius 3 is 3.17 bits per heavy atom. The van der Waals surface area contributed by atoms with Gasteiger partial charge >= 0.3 is 6.03 Å². The molecule has 12 heavy (non-hydrogen) atoms. The number of nitrogens with zero attached hydrogens (tertiary/aromatic N) is 1. The average molecular weight is 173 g/mol. The van der Waals surface area contributed by atoms with E-state index in [0.29, 0.717) is 13.1 Å². The summed E-state index contributed by atoms with van der Waals surface area (Å²) in [7, 11) is 1.61. The number of urea groups is 1. The van der Waals surface area contributed by atoms with Gasteiger partial charge in [-0.3, -0.25) is 0 Å². The van der Waals surface area contributed by atoms with Crippen LogP contribution in [0.4, 0.5) is 4.79 Å². The summed E-state index contributed by atoms with van der Waals surface area (Å²) < 4.78 is 0. The second kappa shape index (κ2) is 4.27. The van der Waals surface area contributed by atoms with Gasteiger partial charge in [0.2, 0.25) is 0 Å². The fraction of sp³-hybridized carbons (Fsp3) is 0.857. The lowest BCUT2D eigenvalue weighted by Crippen LogP contribution is -2.55. The van der Waals surface area contributed by atoms with Crippen LogP contribution in [0.1, 0.15) is 0 Å². The van der Waals surface area contributed by atoms with Gasteiger partial charge in [-0.15, -0.1) is 0 Å². The predicted molar refractivity (Wildman–Crippen MR) is 44.9 cm³/mol. The molecule has 5 heteroatoms. The lowest BCUT2D eigenvalue weighted by atomic mass is 10.2. The number of hydrogen-bond acceptors (Lipinski definition) is 3. The van der Waals surface area contributed by atoms with E-state index in [1.807, 2.05) is 0 Å². The third kappa shape index (κ3) is 2.09. The SMILES string of the molecule is CNC(=O)N1CCNC(CO)C1. The molecule has 1 rings (SSSR count). The number of hydrogen-bond donors (Lipinski definition) is 3. The Bertz CT molecular complexity index is 163. The molecule has 1 heterocycles. The van der Waals surface area contributed by atoms with E-state index in [4.69, 9.17) is 5.11 Å². The summed E-state index contributed by atoms with van der Waals surface area (Å²) in [5, 5.41) is 14.5. The summed E-state index contributed by atoms with van der Waals surface area (Å²) in [5.74, 6) is 0. The van der Waals surface area contributed by atoms with Crippen LogP contribution < -0.4 is 10.6 Å². The minimum atomic E-state index is -0.0741. The first kappa shape index (κ1) is 9.28. The smallest absolute Gasteiger partial charge is 0.317 e. The van der Waals surface area contributed by atoms with Crippen LogP contribution in [0, 0.1) is 0 Å². The maximum atomic E-state index is 11.1. The van der Waals surface area contributed by atoms with Crippen LogP contribution in [0.5, 0.6) is 0 Å². The molecule has 1 atom stereocenters. The summed E-state index contributed by atoms with van der Waals surface area (Å²) in [6.07, 6.45) is 0. The standard InChI is InChI=1S/C7H15N3O2/c1-8-7(12)10-3-2-9-6(4-10)5-11/h6,9,11H,2-5H2,1H3,(H,8,12). The maximum absolute atomic E-state index is 11.1. The zero-order valence-corrected chi connectivity index (χ0v) is 7.21. The molecular weight excluding hydrogens is 158 g/mol. The van der Waals surface area contributed by atoms with Gasteiger partial charge in [0.25, 0.3) is 0 Å². The fourth-order valence-corrected chi connectivity index (χ4v) is 1.29. The van der Waals surface area contributed by atoms with Crippen LogP contribution in [-0.2, 0) is 0 Å². The van der Waals surface area contributed by atoms with Crippen LogP contribution in [0.2, 0.25) is 0 Å². The molecule has 1 fully saturated rings. The summed E-state index contributed by atoms with van der Waals surface area (Å²) in [5.41, 5.74) is 0. The topological polar surface area (TPSA) is 64.6 Å². The molecule has 0 aromatic rings. The highest BCUT2D eigenvalue weighted by atomic mass is 16.3. The van der Waals surface area contributed by atoms with Gasteiger partial charge in [-0.05, 0) is 0 Å². The number of nitrogens with one attached hydrogen (secondary N) is 2. The minimum absolute atomic E-state index is 0.0241. The number of aliphatic hydroxyl groups excluding tert-OH is 1. The molecule has 1 unspecified atom stereocenters. The van der Waals surface area contributed by atoms with Crippen molar-refractivity contribution >= 4 is 6.03 Å². The van der Waals surface area contributed by atoms with Gasteiger partial charge in [0.1, 0.15) is 0 Å². The van der Waals surface area contributed by atoms with E-state index < -0.39 is 0 Å². The monoisotopic (exact) mass is 173 g/mol. The number of rotatable bonds is 1. The molecule has 70 valence electrons. The molecule has 0 spiro atoms. The van der Waals surface area contributed by atoms with Crippen molar-refractivity contribution in [2.75, 3.05) is 33.3 Å². The molecule has 1 aliphatic heterocycles.